The Morgan fingerprint density at radius 2 is 1.71 bits per heavy atom. The minimum absolute atomic E-state index is 0.300. The Balaban J connectivity index is 1.62. The van der Waals surface area contributed by atoms with E-state index < -0.39 is 10.0 Å². The van der Waals surface area contributed by atoms with Gasteiger partial charge in [-0.3, -0.25) is 4.57 Å². The van der Waals surface area contributed by atoms with Crippen LogP contribution >= 0.6 is 11.8 Å². The largest absolute Gasteiger partial charge is 0.341 e. The Morgan fingerprint density at radius 1 is 0.968 bits per heavy atom. The maximum absolute atomic E-state index is 12.5. The van der Waals surface area contributed by atoms with E-state index in [1.807, 2.05) is 24.3 Å². The number of anilines is 1. The lowest BCUT2D eigenvalue weighted by molar-refractivity contribution is 0.520. The fourth-order valence-electron chi connectivity index (χ4n) is 3.61. The zero-order chi connectivity index (χ0) is 21.8. The zero-order valence-corrected chi connectivity index (χ0v) is 19.4. The van der Waals surface area contributed by atoms with Gasteiger partial charge in [0.1, 0.15) is 0 Å². The van der Waals surface area contributed by atoms with Crippen LogP contribution in [0.5, 0.6) is 0 Å². The predicted octanol–water partition coefficient (Wildman–Crippen LogP) is 3.80. The third-order valence-corrected chi connectivity index (χ3v) is 8.13. The van der Waals surface area contributed by atoms with Crippen LogP contribution in [0.25, 0.3) is 5.69 Å². The number of piperidine rings is 1. The van der Waals surface area contributed by atoms with Gasteiger partial charge in [-0.1, -0.05) is 42.1 Å². The molecule has 1 aromatic heterocycles. The van der Waals surface area contributed by atoms with E-state index >= 15 is 0 Å². The molecule has 1 saturated heterocycles. The van der Waals surface area contributed by atoms with Crippen LogP contribution in [-0.2, 0) is 15.8 Å². The molecule has 0 saturated carbocycles. The summed E-state index contributed by atoms with van der Waals surface area (Å²) in [6.45, 7) is 1.97. The van der Waals surface area contributed by atoms with Gasteiger partial charge in [0.2, 0.25) is 16.0 Å². The van der Waals surface area contributed by atoms with E-state index in [1.165, 1.54) is 10.7 Å². The van der Waals surface area contributed by atoms with Crippen molar-refractivity contribution >= 4 is 27.7 Å². The number of rotatable bonds is 7. The smallest absolute Gasteiger partial charge is 0.242 e. The molecule has 0 N–H and O–H groups in total. The molecule has 0 atom stereocenters. The molecule has 1 fully saturated rings. The third-order valence-electron chi connectivity index (χ3n) is 5.31. The fourth-order valence-corrected chi connectivity index (χ4v) is 5.47. The Kier molecular flexibility index (Phi) is 6.64. The number of para-hydroxylation sites is 1. The van der Waals surface area contributed by atoms with Crippen LogP contribution in [0, 0.1) is 0 Å². The molecular weight excluding hydrogens is 430 g/mol. The number of hydrogen-bond donors (Lipinski definition) is 0. The predicted molar refractivity (Wildman–Crippen MR) is 124 cm³/mol. The number of nitrogens with zero attached hydrogens (tertiary/aromatic N) is 5. The Labute approximate surface area is 188 Å². The summed E-state index contributed by atoms with van der Waals surface area (Å²) in [4.78, 5) is 2.60. The average molecular weight is 458 g/mol. The summed E-state index contributed by atoms with van der Waals surface area (Å²) < 4.78 is 28.3. The van der Waals surface area contributed by atoms with Crippen molar-refractivity contribution in [2.75, 3.05) is 32.1 Å². The minimum Gasteiger partial charge on any atom is -0.341 e. The summed E-state index contributed by atoms with van der Waals surface area (Å²) in [7, 11) is -0.374. The third kappa shape index (κ3) is 4.78. The summed E-state index contributed by atoms with van der Waals surface area (Å²) in [5.41, 5.74) is 1.95. The van der Waals surface area contributed by atoms with Crippen LogP contribution in [0.1, 0.15) is 24.8 Å². The summed E-state index contributed by atoms with van der Waals surface area (Å²) in [5.74, 6) is 1.47. The van der Waals surface area contributed by atoms with Crippen molar-refractivity contribution in [3.63, 3.8) is 0 Å². The molecule has 0 radical (unpaired) electrons. The number of aromatic nitrogens is 3. The van der Waals surface area contributed by atoms with Gasteiger partial charge in [0.15, 0.2) is 5.16 Å². The zero-order valence-electron chi connectivity index (χ0n) is 17.8. The lowest BCUT2D eigenvalue weighted by atomic mass is 10.1. The molecule has 9 heteroatoms. The second kappa shape index (κ2) is 9.42. The number of hydrogen-bond acceptors (Lipinski definition) is 6. The maximum atomic E-state index is 12.5. The highest BCUT2D eigenvalue weighted by molar-refractivity contribution is 7.98. The highest BCUT2D eigenvalue weighted by Gasteiger charge is 2.22. The molecule has 2 aromatic carbocycles. The topological polar surface area (TPSA) is 71.3 Å². The average Bonchev–Trinajstić information content (AvgIpc) is 3.23. The van der Waals surface area contributed by atoms with E-state index in [1.54, 1.807) is 44.1 Å². The first kappa shape index (κ1) is 21.9. The van der Waals surface area contributed by atoms with Gasteiger partial charge in [0.25, 0.3) is 0 Å². The molecule has 164 valence electrons. The van der Waals surface area contributed by atoms with Gasteiger partial charge in [-0.05, 0) is 49.1 Å². The SMILES string of the molecule is CN(C)S(=O)(=O)c1cccc(CSc2nnc(N3CCCCC3)n2-c2ccccc2)c1. The highest BCUT2D eigenvalue weighted by atomic mass is 32.2. The summed E-state index contributed by atoms with van der Waals surface area (Å²) in [6, 6.07) is 17.2. The molecule has 4 rings (SSSR count). The van der Waals surface area contributed by atoms with Crippen LogP contribution in [0.4, 0.5) is 5.95 Å². The van der Waals surface area contributed by atoms with Gasteiger partial charge in [-0.15, -0.1) is 10.2 Å². The molecule has 1 aliphatic heterocycles. The lowest BCUT2D eigenvalue weighted by Crippen LogP contribution is -2.31. The summed E-state index contributed by atoms with van der Waals surface area (Å²) in [6.07, 6.45) is 3.58. The Morgan fingerprint density at radius 3 is 2.42 bits per heavy atom. The Hall–Kier alpha value is -2.36. The van der Waals surface area contributed by atoms with Crippen LogP contribution in [0.15, 0.2) is 64.6 Å². The molecule has 0 amide bonds. The van der Waals surface area contributed by atoms with Gasteiger partial charge in [0, 0.05) is 32.9 Å². The number of thioether (sulfide) groups is 1. The van der Waals surface area contributed by atoms with Crippen molar-refractivity contribution < 1.29 is 8.42 Å². The van der Waals surface area contributed by atoms with Crippen molar-refractivity contribution in [2.24, 2.45) is 0 Å². The molecule has 7 nitrogen and oxygen atoms in total. The molecule has 0 spiro atoms. The number of sulfonamides is 1. The van der Waals surface area contributed by atoms with Crippen LogP contribution in [0.2, 0.25) is 0 Å². The van der Waals surface area contributed by atoms with Gasteiger partial charge in [-0.2, -0.15) is 0 Å². The van der Waals surface area contributed by atoms with Crippen LogP contribution < -0.4 is 4.90 Å². The van der Waals surface area contributed by atoms with Crippen molar-refractivity contribution in [1.82, 2.24) is 19.1 Å². The van der Waals surface area contributed by atoms with E-state index in [-0.39, 0.29) is 0 Å². The van der Waals surface area contributed by atoms with E-state index in [4.69, 9.17) is 0 Å². The quantitative estimate of drug-likeness (QED) is 0.503. The van der Waals surface area contributed by atoms with Crippen molar-refractivity contribution in [1.29, 1.82) is 0 Å². The molecule has 2 heterocycles. The van der Waals surface area contributed by atoms with Crippen molar-refractivity contribution in [3.8, 4) is 5.69 Å². The second-order valence-corrected chi connectivity index (χ2v) is 10.8. The van der Waals surface area contributed by atoms with Gasteiger partial charge in [-0.25, -0.2) is 12.7 Å². The first-order valence-corrected chi connectivity index (χ1v) is 12.8. The van der Waals surface area contributed by atoms with E-state index in [0.717, 1.165) is 48.3 Å². The van der Waals surface area contributed by atoms with E-state index in [9.17, 15) is 8.42 Å². The van der Waals surface area contributed by atoms with Crippen molar-refractivity contribution in [2.45, 2.75) is 35.1 Å². The van der Waals surface area contributed by atoms with Gasteiger partial charge >= 0.3 is 0 Å². The maximum Gasteiger partial charge on any atom is 0.242 e. The summed E-state index contributed by atoms with van der Waals surface area (Å²) >= 11 is 1.56. The molecule has 0 unspecified atom stereocenters. The van der Waals surface area contributed by atoms with Gasteiger partial charge in [0.05, 0.1) is 10.6 Å². The molecule has 31 heavy (non-hydrogen) atoms. The van der Waals surface area contributed by atoms with Crippen LogP contribution in [0.3, 0.4) is 0 Å². The first-order chi connectivity index (χ1) is 15.0. The molecular formula is C22H27N5O2S2. The van der Waals surface area contributed by atoms with E-state index in [0.29, 0.717) is 10.6 Å². The highest BCUT2D eigenvalue weighted by Crippen LogP contribution is 2.30. The number of benzene rings is 2. The monoisotopic (exact) mass is 457 g/mol. The first-order valence-electron chi connectivity index (χ1n) is 10.4. The standard InChI is InChI=1S/C22H27N5O2S2/c1-25(2)31(28,29)20-13-9-10-18(16-20)17-30-22-24-23-21(26-14-7-4-8-15-26)27(22)19-11-5-3-6-12-19/h3,5-6,9-13,16H,4,7-8,14-15,17H2,1-2H3. The Bertz CT molecular complexity index is 1120. The van der Waals surface area contributed by atoms with Gasteiger partial charge < -0.3 is 4.90 Å². The lowest BCUT2D eigenvalue weighted by Gasteiger charge is -2.27. The molecule has 3 aromatic rings. The molecule has 1 aliphatic rings. The summed E-state index contributed by atoms with van der Waals surface area (Å²) in [5, 5.41) is 9.81. The normalized spacial score (nSPS) is 14.9. The van der Waals surface area contributed by atoms with Crippen LogP contribution in [-0.4, -0.2) is 54.7 Å². The minimum atomic E-state index is -3.46. The van der Waals surface area contributed by atoms with Crippen molar-refractivity contribution in [3.05, 3.63) is 60.2 Å². The second-order valence-electron chi connectivity index (χ2n) is 7.72. The molecule has 0 bridgehead atoms. The van der Waals surface area contributed by atoms with E-state index in [2.05, 4.69) is 31.8 Å². The fraction of sp³-hybridized carbons (Fsp3) is 0.364. The molecule has 0 aliphatic carbocycles.